The van der Waals surface area contributed by atoms with Crippen molar-refractivity contribution in [2.24, 2.45) is 0 Å². The Bertz CT molecular complexity index is 6700. The van der Waals surface area contributed by atoms with Crippen molar-refractivity contribution in [1.29, 1.82) is 0 Å². The van der Waals surface area contributed by atoms with Gasteiger partial charge in [0.15, 0.2) is 11.2 Å². The van der Waals surface area contributed by atoms with Gasteiger partial charge in [-0.25, -0.2) is 0 Å². The van der Waals surface area contributed by atoms with Crippen molar-refractivity contribution in [1.82, 2.24) is 4.40 Å². The van der Waals surface area contributed by atoms with E-state index in [-0.39, 0.29) is 16.2 Å². The molecule has 0 amide bonds. The number of aromatic nitrogens is 1. The van der Waals surface area contributed by atoms with E-state index in [1.165, 1.54) is 180 Å². The van der Waals surface area contributed by atoms with E-state index in [0.29, 0.717) is 11.8 Å². The molecule has 2 saturated carbocycles. The maximum Gasteiger partial charge on any atom is 0.159 e. The van der Waals surface area contributed by atoms with Crippen molar-refractivity contribution in [2.75, 3.05) is 9.80 Å². The second-order valence-corrected chi connectivity index (χ2v) is 33.1. The van der Waals surface area contributed by atoms with Gasteiger partial charge in [-0.2, -0.15) is 0 Å². The van der Waals surface area contributed by atoms with Crippen LogP contribution in [0.25, 0.3) is 137 Å². The van der Waals surface area contributed by atoms with Gasteiger partial charge in [-0.3, -0.25) is 0 Å². The van der Waals surface area contributed by atoms with E-state index < -0.39 is 0 Å². The third-order valence-electron chi connectivity index (χ3n) is 25.6. The van der Waals surface area contributed by atoms with Crippen LogP contribution >= 0.6 is 0 Å². The highest BCUT2D eigenvalue weighted by atomic mass is 16.3. The average molecular weight is 1350 g/mol. The molecule has 0 unspecified atom stereocenters. The molecule has 0 spiro atoms. The van der Waals surface area contributed by atoms with Crippen LogP contribution in [0.15, 0.2) is 244 Å². The molecule has 0 aliphatic heterocycles. The van der Waals surface area contributed by atoms with Crippen molar-refractivity contribution < 1.29 is 13.3 Å². The highest BCUT2D eigenvalue weighted by molar-refractivity contribution is 6.30. The van der Waals surface area contributed by atoms with Crippen molar-refractivity contribution in [3.63, 3.8) is 0 Å². The highest BCUT2D eigenvalue weighted by Crippen LogP contribution is 2.56. The number of fused-ring (bicyclic) bond motifs is 23. The summed E-state index contributed by atoms with van der Waals surface area (Å²) < 4.78 is 24.6. The minimum Gasteiger partial charge on any atom is -0.456 e. The summed E-state index contributed by atoms with van der Waals surface area (Å²) in [5, 5.41) is 14.2. The molecule has 0 N–H and O–H groups in total. The van der Waals surface area contributed by atoms with E-state index in [2.05, 4.69) is 293 Å². The fourth-order valence-electron chi connectivity index (χ4n) is 20.4. The smallest absolute Gasteiger partial charge is 0.159 e. The summed E-state index contributed by atoms with van der Waals surface area (Å²) in [7, 11) is 0. The van der Waals surface area contributed by atoms with Crippen LogP contribution in [0, 0.1) is 0 Å². The van der Waals surface area contributed by atoms with Crippen molar-refractivity contribution >= 4 is 149 Å². The molecule has 13 aromatic carbocycles. The Balaban J connectivity index is 0.735. The minimum absolute atomic E-state index is 0.127. The monoisotopic (exact) mass is 1350 g/mol. The van der Waals surface area contributed by atoms with Crippen LogP contribution in [-0.2, 0) is 16.2 Å². The third kappa shape index (κ3) is 8.51. The van der Waals surface area contributed by atoms with Gasteiger partial charge in [0.1, 0.15) is 22.3 Å². The lowest BCUT2D eigenvalue weighted by atomic mass is 9.82. The lowest BCUT2D eigenvalue weighted by Crippen LogP contribution is -2.15. The molecule has 0 atom stereocenters. The molecule has 0 saturated heterocycles. The summed E-state index contributed by atoms with van der Waals surface area (Å²) in [4.78, 5) is 4.91. The molecule has 4 aliphatic carbocycles. The van der Waals surface area contributed by atoms with E-state index in [1.807, 2.05) is 0 Å². The molecule has 0 bridgehead atoms. The van der Waals surface area contributed by atoms with E-state index in [9.17, 15) is 0 Å². The predicted octanol–water partition coefficient (Wildman–Crippen LogP) is 28.6. The van der Waals surface area contributed by atoms with Crippen LogP contribution in [-0.4, -0.2) is 4.40 Å². The van der Waals surface area contributed by atoms with Crippen LogP contribution in [0.3, 0.4) is 0 Å². The summed E-state index contributed by atoms with van der Waals surface area (Å²) in [5.41, 5.74) is 29.6. The summed E-state index contributed by atoms with van der Waals surface area (Å²) in [6.07, 6.45) is 12.5. The van der Waals surface area contributed by atoms with Crippen LogP contribution in [0.1, 0.15) is 163 Å². The summed E-state index contributed by atoms with van der Waals surface area (Å²) >= 11 is 0. The molecule has 6 heteroatoms. The Morgan fingerprint density at radius 2 is 0.827 bits per heavy atom. The van der Waals surface area contributed by atoms with Crippen LogP contribution in [0.2, 0.25) is 0 Å². The Morgan fingerprint density at radius 1 is 0.346 bits per heavy atom. The zero-order chi connectivity index (χ0) is 69.4. The largest absolute Gasteiger partial charge is 0.456 e. The highest BCUT2D eigenvalue weighted by Gasteiger charge is 2.39. The Morgan fingerprint density at radius 3 is 1.39 bits per heavy atom. The third-order valence-corrected chi connectivity index (χ3v) is 25.6. The first kappa shape index (κ1) is 60.5. The Kier molecular flexibility index (Phi) is 12.7. The lowest BCUT2D eigenvalue weighted by molar-refractivity contribution is 0.442. The first-order chi connectivity index (χ1) is 50.7. The van der Waals surface area contributed by atoms with E-state index in [4.69, 9.17) is 13.3 Å². The maximum atomic E-state index is 7.41. The van der Waals surface area contributed by atoms with Gasteiger partial charge in [0.2, 0.25) is 0 Å². The Labute approximate surface area is 605 Å². The maximum absolute atomic E-state index is 7.41. The quantitative estimate of drug-likeness (QED) is 0.152. The van der Waals surface area contributed by atoms with Gasteiger partial charge in [-0.05, 0) is 206 Å². The number of hydrogen-bond acceptors (Lipinski definition) is 5. The summed E-state index contributed by atoms with van der Waals surface area (Å²) in [6.45, 7) is 16.5. The molecule has 5 aromatic heterocycles. The van der Waals surface area contributed by atoms with Crippen molar-refractivity contribution in [2.45, 2.75) is 141 Å². The first-order valence-electron chi connectivity index (χ1n) is 38.3. The van der Waals surface area contributed by atoms with Gasteiger partial charge in [0, 0.05) is 87.8 Å². The standard InChI is InChI=1S/C98H81N3O3/c1-96(2,3)59-49-78-68-43-39-62(99(60-41-45-82-75(51-60)66-26-14-16-34-80(66)97(82,4)5)85-36-20-32-72-70-30-18-28-64(92(70)103-94(72)85)56-22-10-8-11-23-56)53-87(68)101-84-47-38-58-48-77-69-44-40-63(54-88(69)102-89(77)55-74(58)90(84)79(50-59)91(78)101)100(61-42-46-83-76(52-61)67-27-15-17-35-81(67)98(83,6)7)86-37-21-33-73-71-31-19-29-65(93(71)104-95(73)86)57-24-12-9-13-25-57/h14-21,26-57H,8-13,22-25H2,1-7H3. The zero-order valence-corrected chi connectivity index (χ0v) is 60.2. The molecule has 104 heavy (non-hydrogen) atoms. The normalized spacial score (nSPS) is 16.1. The first-order valence-corrected chi connectivity index (χ1v) is 38.3. The second-order valence-electron chi connectivity index (χ2n) is 33.1. The molecule has 506 valence electrons. The lowest BCUT2D eigenvalue weighted by Gasteiger charge is -2.27. The number of para-hydroxylation sites is 4. The molecule has 22 rings (SSSR count). The van der Waals surface area contributed by atoms with Crippen molar-refractivity contribution in [3.8, 4) is 22.3 Å². The van der Waals surface area contributed by atoms with Gasteiger partial charge in [-0.1, -0.05) is 220 Å². The average Bonchev–Trinajstić information content (AvgIpc) is 2.09. The zero-order valence-electron chi connectivity index (χ0n) is 60.2. The van der Waals surface area contributed by atoms with Crippen molar-refractivity contribution in [3.05, 3.63) is 269 Å². The molecule has 5 heterocycles. The van der Waals surface area contributed by atoms with Gasteiger partial charge >= 0.3 is 0 Å². The number of hydrogen-bond donors (Lipinski definition) is 0. The van der Waals surface area contributed by atoms with Crippen LogP contribution < -0.4 is 9.80 Å². The fraction of sp³-hybridized carbons (Fsp3) is 0.224. The number of furan rings is 3. The number of rotatable bonds is 8. The topological polar surface area (TPSA) is 50.3 Å². The number of benzene rings is 13. The number of anilines is 6. The molecule has 6 nitrogen and oxygen atoms in total. The Hall–Kier alpha value is -11.1. The summed E-state index contributed by atoms with van der Waals surface area (Å²) in [6, 6.07) is 87.9. The minimum atomic E-state index is -0.136. The summed E-state index contributed by atoms with van der Waals surface area (Å²) in [5.74, 6) is 0.993. The fourth-order valence-corrected chi connectivity index (χ4v) is 20.4. The number of nitrogens with zero attached hydrogens (tertiary/aromatic N) is 3. The van der Waals surface area contributed by atoms with Gasteiger partial charge in [0.25, 0.3) is 0 Å². The molecule has 4 aliphatic rings. The van der Waals surface area contributed by atoms with E-state index in [1.54, 1.807) is 0 Å². The van der Waals surface area contributed by atoms with Gasteiger partial charge in [0.05, 0.1) is 33.6 Å². The SMILES string of the molecule is CC(C)(C)c1cc2c3ccc(N(c4ccc5c(c4)-c4ccccc4C5(C)C)c4cccc5c4oc4c(C6CCCCC6)cccc45)cc3n3c4ccc5cc6c(cc5c4c(c1)c23)oc1cc(N(c2ccc3c(c2)-c2ccccc2C3(C)C)c2cccc3c2oc2c(C4CCCCC4)cccc23)ccc16. The van der Waals surface area contributed by atoms with Crippen LogP contribution in [0.4, 0.5) is 34.1 Å². The van der Waals surface area contributed by atoms with E-state index in [0.717, 1.165) is 94.7 Å². The molecular formula is C98H81N3O3. The molecule has 2 fully saturated rings. The molecular weight excluding hydrogens is 1270 g/mol. The van der Waals surface area contributed by atoms with Gasteiger partial charge in [-0.15, -0.1) is 0 Å². The van der Waals surface area contributed by atoms with E-state index >= 15 is 0 Å². The second kappa shape index (κ2) is 21.7. The molecule has 18 aromatic rings. The van der Waals surface area contributed by atoms with Crippen LogP contribution in [0.5, 0.6) is 0 Å². The predicted molar refractivity (Wildman–Crippen MR) is 435 cm³/mol. The molecule has 0 radical (unpaired) electrons. The van der Waals surface area contributed by atoms with Gasteiger partial charge < -0.3 is 27.5 Å².